The van der Waals surface area contributed by atoms with Crippen molar-refractivity contribution in [1.29, 1.82) is 0 Å². The smallest absolute Gasteiger partial charge is 0.422 e. The summed E-state index contributed by atoms with van der Waals surface area (Å²) >= 11 is 0. The number of hydrogen-bond acceptors (Lipinski definition) is 16. The van der Waals surface area contributed by atoms with Gasteiger partial charge in [-0.05, 0) is 302 Å². The summed E-state index contributed by atoms with van der Waals surface area (Å²) in [6.07, 6.45) is 21.6. The standard InChI is InChI=1S/C20H30O2.C19H28O2.C15H24O2.C12H20O2.4C5H5F3O2/c1-2-20(16-7-13-5-14(9-16)10-17(20)8-13)22-19(21)18-11-12-3-4-15(18)6-12;1-19(15-6-12-4-13(8-15)9-16(19)7-12)21-18(20)17-10-11-2-3-14(17)5-11;1-2-15(7-3-4-8-15)17-14(16)13-10-11-5-6-12(13)9-11;1-12(2,3)14-11(13)10-7-8-4-5-9(10)6-8;4*1-3(4(9)10-2)5(6,7)8/h12-18H,2-11H2,1H3;11-17H,2-10H2,1H3;11-13H,2-10H2,1H3;8-10H,4-7H2,1-3H3;4*1H2,2H3. The second-order valence-electron chi connectivity index (χ2n) is 36.6. The topological polar surface area (TPSA) is 210 Å². The Bertz CT molecular complexity index is 3220. The van der Waals surface area contributed by atoms with Crippen molar-refractivity contribution in [3.8, 4) is 0 Å². The Hall–Kier alpha value is -6.12. The Kier molecular flexibility index (Phi) is 31.0. The quantitative estimate of drug-likeness (QED) is 0.0726. The molecule has 17 fully saturated rings. The van der Waals surface area contributed by atoms with Crippen LogP contribution in [0, 0.1) is 118 Å². The predicted octanol–water partition coefficient (Wildman–Crippen LogP) is 20.3. The Labute approximate surface area is 663 Å². The zero-order chi connectivity index (χ0) is 84.8. The highest BCUT2D eigenvalue weighted by Gasteiger charge is 2.61. The van der Waals surface area contributed by atoms with Crippen LogP contribution in [0.25, 0.3) is 0 Å². The average Bonchev–Trinajstić information content (AvgIpc) is 0.770. The number of halogens is 12. The SMILES string of the molecule is C=C(C(=O)OC)C(F)(F)F.C=C(C(=O)OC)C(F)(F)F.C=C(C(=O)OC)C(F)(F)F.C=C(C(=O)OC)C(F)(F)F.CC(C)(C)OC(=O)C1CC2CCC1C2.CC1(OC(=O)C2CC3CCC2C3)C2CC3CC(C2)CC1C3.CCC1(OC(=O)C2CC3CCC2C3)C2CC3CC(C2)CC1C3.CCC1(OC(=O)C2CC3CCC2C3)CCCC1. The van der Waals surface area contributed by atoms with Crippen molar-refractivity contribution in [2.75, 3.05) is 28.4 Å². The summed E-state index contributed by atoms with van der Waals surface area (Å²) in [5, 5.41) is 0. The van der Waals surface area contributed by atoms with E-state index in [-0.39, 0.29) is 70.0 Å². The molecule has 17 aliphatic rings. The van der Waals surface area contributed by atoms with Gasteiger partial charge in [-0.25, -0.2) is 19.2 Å². The van der Waals surface area contributed by atoms with Crippen LogP contribution >= 0.6 is 0 Å². The van der Waals surface area contributed by atoms with E-state index in [2.05, 4.69) is 66.0 Å². The van der Waals surface area contributed by atoms with Gasteiger partial charge in [0.15, 0.2) is 0 Å². The van der Waals surface area contributed by atoms with Crippen LogP contribution in [0.5, 0.6) is 0 Å². The number of carbonyl (C=O) groups excluding carboxylic acids is 8. The number of fused-ring (bicyclic) bond motifs is 8. The van der Waals surface area contributed by atoms with Crippen molar-refractivity contribution >= 4 is 47.8 Å². The van der Waals surface area contributed by atoms with E-state index in [4.69, 9.17) is 18.9 Å². The normalized spacial score (nSPS) is 35.0. The van der Waals surface area contributed by atoms with Gasteiger partial charge in [0.25, 0.3) is 0 Å². The van der Waals surface area contributed by atoms with Gasteiger partial charge in [0.1, 0.15) is 44.7 Å². The second kappa shape index (κ2) is 37.9. The molecule has 17 aliphatic carbocycles. The fraction of sp³-hybridized carbons (Fsp3) is 0.814. The van der Waals surface area contributed by atoms with Crippen molar-refractivity contribution in [3.05, 3.63) is 48.6 Å². The molecule has 0 radical (unpaired) electrons. The van der Waals surface area contributed by atoms with E-state index in [1.807, 2.05) is 20.8 Å². The number of esters is 8. The monoisotopic (exact) mass is 1640 g/mol. The minimum atomic E-state index is -4.69. The molecule has 12 atom stereocenters. The lowest BCUT2D eigenvalue weighted by Gasteiger charge is -2.60. The van der Waals surface area contributed by atoms with Crippen LogP contribution in [0.3, 0.4) is 0 Å². The average molecular weight is 1640 g/mol. The van der Waals surface area contributed by atoms with Crippen LogP contribution < -0.4 is 0 Å². The first-order chi connectivity index (χ1) is 53.0. The van der Waals surface area contributed by atoms with Gasteiger partial charge in [0.05, 0.1) is 52.1 Å². The number of hydrogen-bond donors (Lipinski definition) is 0. The van der Waals surface area contributed by atoms with E-state index < -0.39 is 70.9 Å². The lowest BCUT2D eigenvalue weighted by molar-refractivity contribution is -0.215. The highest BCUT2D eigenvalue weighted by atomic mass is 19.4. The maximum atomic E-state index is 13.0. The number of methoxy groups -OCH3 is 4. The molecule has 0 aromatic heterocycles. The Morgan fingerprint density at radius 3 is 0.816 bits per heavy atom. The Morgan fingerprint density at radius 1 is 0.333 bits per heavy atom. The minimum Gasteiger partial charge on any atom is -0.465 e. The Morgan fingerprint density at radius 2 is 0.596 bits per heavy atom. The number of ether oxygens (including phenoxy) is 8. The molecule has 0 aromatic rings. The summed E-state index contributed by atoms with van der Waals surface area (Å²) in [5.41, 5.74) is -6.56. The van der Waals surface area contributed by atoms with E-state index >= 15 is 0 Å². The summed E-state index contributed by atoms with van der Waals surface area (Å²) in [4.78, 5) is 90.4. The van der Waals surface area contributed by atoms with E-state index in [1.165, 1.54) is 154 Å². The highest BCUT2D eigenvalue weighted by Crippen LogP contribution is 2.63. The van der Waals surface area contributed by atoms with Crippen LogP contribution in [0.15, 0.2) is 48.6 Å². The highest BCUT2D eigenvalue weighted by molar-refractivity contribution is 5.90. The van der Waals surface area contributed by atoms with Gasteiger partial charge in [-0.3, -0.25) is 19.2 Å². The van der Waals surface area contributed by atoms with Gasteiger partial charge in [-0.1, -0.05) is 65.8 Å². The summed E-state index contributed by atoms with van der Waals surface area (Å²) in [6, 6.07) is 0. The zero-order valence-corrected chi connectivity index (χ0v) is 68.1. The first kappa shape index (κ1) is 93.4. The largest absolute Gasteiger partial charge is 0.465 e. The van der Waals surface area contributed by atoms with Crippen molar-refractivity contribution < 1.29 is 129 Å². The number of carbonyl (C=O) groups is 8. The minimum absolute atomic E-state index is 0.0460. The fourth-order valence-electron chi connectivity index (χ4n) is 22.9. The first-order valence-corrected chi connectivity index (χ1v) is 41.3. The molecule has 0 aromatic carbocycles. The van der Waals surface area contributed by atoms with E-state index in [9.17, 15) is 91.0 Å². The van der Waals surface area contributed by atoms with Crippen molar-refractivity contribution in [3.63, 3.8) is 0 Å². The predicted molar refractivity (Wildman–Crippen MR) is 396 cm³/mol. The molecule has 12 unspecified atom stereocenters. The molecule has 16 bridgehead atoms. The van der Waals surface area contributed by atoms with Gasteiger partial charge in [0.2, 0.25) is 0 Å². The Balaban J connectivity index is 0.000000167. The molecule has 646 valence electrons. The summed E-state index contributed by atoms with van der Waals surface area (Å²) in [5.74, 6) is 8.10. The molecule has 17 rings (SSSR count). The zero-order valence-electron chi connectivity index (χ0n) is 68.1. The van der Waals surface area contributed by atoms with E-state index in [0.717, 1.165) is 127 Å². The van der Waals surface area contributed by atoms with E-state index in [0.29, 0.717) is 47.3 Å². The fourth-order valence-corrected chi connectivity index (χ4v) is 22.9. The van der Waals surface area contributed by atoms with Crippen molar-refractivity contribution in [2.24, 2.45) is 118 Å². The lowest BCUT2D eigenvalue weighted by Crippen LogP contribution is -2.59. The van der Waals surface area contributed by atoms with Gasteiger partial charge < -0.3 is 37.9 Å². The lowest BCUT2D eigenvalue weighted by atomic mass is 9.49. The molecule has 114 heavy (non-hydrogen) atoms. The van der Waals surface area contributed by atoms with Crippen LogP contribution in [0.2, 0.25) is 0 Å². The molecular weight excluding hydrogens is 1520 g/mol. The number of alkyl halides is 12. The van der Waals surface area contributed by atoms with Gasteiger partial charge in [0, 0.05) is 0 Å². The molecule has 28 heteroatoms. The van der Waals surface area contributed by atoms with E-state index in [1.54, 1.807) is 0 Å². The van der Waals surface area contributed by atoms with Gasteiger partial charge in [-0.15, -0.1) is 0 Å². The van der Waals surface area contributed by atoms with Crippen molar-refractivity contribution in [2.45, 2.75) is 294 Å². The van der Waals surface area contributed by atoms with Crippen LogP contribution in [0.4, 0.5) is 52.7 Å². The molecule has 0 aliphatic heterocycles. The third kappa shape index (κ3) is 23.0. The van der Waals surface area contributed by atoms with Crippen LogP contribution in [0.1, 0.15) is 247 Å². The molecule has 17 saturated carbocycles. The summed E-state index contributed by atoms with van der Waals surface area (Å²) in [6.45, 7) is 22.5. The van der Waals surface area contributed by atoms with Crippen LogP contribution in [-0.4, -0.2) is 123 Å². The molecule has 0 spiro atoms. The molecule has 0 N–H and O–H groups in total. The van der Waals surface area contributed by atoms with Crippen LogP contribution in [-0.2, 0) is 76.3 Å². The first-order valence-electron chi connectivity index (χ1n) is 41.3. The molecule has 0 heterocycles. The number of rotatable bonds is 13. The summed E-state index contributed by atoms with van der Waals surface area (Å²) < 4.78 is 177. The third-order valence-corrected chi connectivity index (χ3v) is 28.6. The molecule has 0 amide bonds. The second-order valence-corrected chi connectivity index (χ2v) is 36.6. The maximum Gasteiger partial charge on any atom is 0.422 e. The van der Waals surface area contributed by atoms with Crippen molar-refractivity contribution in [1.82, 2.24) is 0 Å². The molecular formula is C86H122F12O16. The van der Waals surface area contributed by atoms with Gasteiger partial charge in [-0.2, -0.15) is 52.7 Å². The third-order valence-electron chi connectivity index (χ3n) is 28.6. The molecule has 16 nitrogen and oxygen atoms in total. The van der Waals surface area contributed by atoms with Gasteiger partial charge >= 0.3 is 72.5 Å². The maximum absolute atomic E-state index is 13.0. The summed E-state index contributed by atoms with van der Waals surface area (Å²) in [7, 11) is 3.44. The molecule has 0 saturated heterocycles.